The van der Waals surface area contributed by atoms with Crippen LogP contribution in [0.3, 0.4) is 0 Å². The van der Waals surface area contributed by atoms with E-state index in [9.17, 15) is 4.79 Å². The molecule has 0 aliphatic carbocycles. The summed E-state index contributed by atoms with van der Waals surface area (Å²) in [5.41, 5.74) is 2.10. The number of carbonyl (C=O) groups excluding carboxylic acids is 1. The molecule has 2 aromatic carbocycles. The molecular weight excluding hydrogens is 360 g/mol. The van der Waals surface area contributed by atoms with Crippen molar-refractivity contribution < 1.29 is 14.3 Å². The summed E-state index contributed by atoms with van der Waals surface area (Å²) in [5, 5.41) is 2.97. The fourth-order valence-corrected chi connectivity index (χ4v) is 3.72. The van der Waals surface area contributed by atoms with Crippen LogP contribution < -0.4 is 10.1 Å². The summed E-state index contributed by atoms with van der Waals surface area (Å²) in [6.45, 7) is 4.50. The highest BCUT2D eigenvalue weighted by molar-refractivity contribution is 7.99. The number of hydrogen-bond acceptors (Lipinski definition) is 5. The van der Waals surface area contributed by atoms with Crippen LogP contribution in [-0.4, -0.2) is 50.0 Å². The van der Waals surface area contributed by atoms with Crippen molar-refractivity contribution in [2.75, 3.05) is 44.5 Å². The molecule has 6 heteroatoms. The van der Waals surface area contributed by atoms with E-state index in [2.05, 4.69) is 22.3 Å². The van der Waals surface area contributed by atoms with Crippen LogP contribution >= 0.6 is 11.8 Å². The van der Waals surface area contributed by atoms with E-state index in [-0.39, 0.29) is 5.91 Å². The first-order valence-electron chi connectivity index (χ1n) is 9.19. The maximum Gasteiger partial charge on any atom is 0.225 e. The Morgan fingerprint density at radius 1 is 1.11 bits per heavy atom. The van der Waals surface area contributed by atoms with Crippen molar-refractivity contribution >= 4 is 23.4 Å². The molecule has 3 rings (SSSR count). The number of nitrogens with one attached hydrogen (secondary N) is 1. The Morgan fingerprint density at radius 3 is 2.48 bits per heavy atom. The van der Waals surface area contributed by atoms with Crippen molar-refractivity contribution in [2.45, 2.75) is 17.9 Å². The van der Waals surface area contributed by atoms with Gasteiger partial charge in [0.05, 0.1) is 20.3 Å². The first-order chi connectivity index (χ1) is 13.2. The van der Waals surface area contributed by atoms with Crippen molar-refractivity contribution in [3.63, 3.8) is 0 Å². The number of rotatable bonds is 8. The van der Waals surface area contributed by atoms with Gasteiger partial charge in [-0.2, -0.15) is 0 Å². The van der Waals surface area contributed by atoms with E-state index in [1.807, 2.05) is 36.4 Å². The fourth-order valence-electron chi connectivity index (χ4n) is 2.87. The SMILES string of the molecule is COc1ccc(SCCC(=O)Nc2ccc(CN3CCOCC3)cc2)cc1. The summed E-state index contributed by atoms with van der Waals surface area (Å²) in [6, 6.07) is 16.0. The van der Waals surface area contributed by atoms with E-state index in [0.29, 0.717) is 6.42 Å². The molecule has 5 nitrogen and oxygen atoms in total. The Bertz CT molecular complexity index is 713. The zero-order valence-corrected chi connectivity index (χ0v) is 16.5. The van der Waals surface area contributed by atoms with E-state index in [4.69, 9.17) is 9.47 Å². The van der Waals surface area contributed by atoms with Crippen LogP contribution in [0.25, 0.3) is 0 Å². The number of morpholine rings is 1. The fraction of sp³-hybridized carbons (Fsp3) is 0.381. The quantitative estimate of drug-likeness (QED) is 0.702. The third-order valence-electron chi connectivity index (χ3n) is 4.40. The molecule has 144 valence electrons. The normalized spacial score (nSPS) is 14.7. The first kappa shape index (κ1) is 19.7. The number of anilines is 1. The summed E-state index contributed by atoms with van der Waals surface area (Å²) in [4.78, 5) is 15.7. The standard InChI is InChI=1S/C21H26N2O3S/c1-25-19-6-8-20(9-7-19)27-15-10-21(24)22-18-4-2-17(3-5-18)16-23-11-13-26-14-12-23/h2-9H,10-16H2,1H3,(H,22,24). The summed E-state index contributed by atoms with van der Waals surface area (Å²) in [7, 11) is 1.65. The number of methoxy groups -OCH3 is 1. The Labute approximate surface area is 165 Å². The summed E-state index contributed by atoms with van der Waals surface area (Å²) in [5.74, 6) is 1.62. The van der Waals surface area contributed by atoms with Crippen LogP contribution in [0, 0.1) is 0 Å². The molecule has 0 bridgehead atoms. The minimum Gasteiger partial charge on any atom is -0.497 e. The molecule has 0 unspecified atom stereocenters. The molecule has 1 heterocycles. The van der Waals surface area contributed by atoms with E-state index >= 15 is 0 Å². The average Bonchev–Trinajstić information content (AvgIpc) is 2.71. The predicted octanol–water partition coefficient (Wildman–Crippen LogP) is 3.65. The molecule has 2 aromatic rings. The van der Waals surface area contributed by atoms with Crippen LogP contribution in [0.1, 0.15) is 12.0 Å². The maximum atomic E-state index is 12.1. The molecule has 0 saturated carbocycles. The van der Waals surface area contributed by atoms with Crippen LogP contribution in [0.2, 0.25) is 0 Å². The van der Waals surface area contributed by atoms with Crippen molar-refractivity contribution in [1.82, 2.24) is 4.90 Å². The highest BCUT2D eigenvalue weighted by atomic mass is 32.2. The molecule has 0 radical (unpaired) electrons. The van der Waals surface area contributed by atoms with Crippen LogP contribution in [0.5, 0.6) is 5.75 Å². The summed E-state index contributed by atoms with van der Waals surface area (Å²) < 4.78 is 10.5. The van der Waals surface area contributed by atoms with E-state index in [1.165, 1.54) is 5.56 Å². The number of ether oxygens (including phenoxy) is 2. The predicted molar refractivity (Wildman–Crippen MR) is 110 cm³/mol. The number of nitrogens with zero attached hydrogens (tertiary/aromatic N) is 1. The van der Waals surface area contributed by atoms with E-state index < -0.39 is 0 Å². The second-order valence-electron chi connectivity index (χ2n) is 6.41. The van der Waals surface area contributed by atoms with Gasteiger partial charge in [-0.1, -0.05) is 12.1 Å². The maximum absolute atomic E-state index is 12.1. The summed E-state index contributed by atoms with van der Waals surface area (Å²) in [6.07, 6.45) is 0.478. The second kappa shape index (κ2) is 10.3. The van der Waals surface area contributed by atoms with Gasteiger partial charge in [-0.05, 0) is 42.0 Å². The van der Waals surface area contributed by atoms with Gasteiger partial charge >= 0.3 is 0 Å². The first-order valence-corrected chi connectivity index (χ1v) is 10.2. The number of thioether (sulfide) groups is 1. The molecule has 1 saturated heterocycles. The molecular formula is C21H26N2O3S. The van der Waals surface area contributed by atoms with Gasteiger partial charge in [0.2, 0.25) is 5.91 Å². The van der Waals surface area contributed by atoms with Gasteiger partial charge < -0.3 is 14.8 Å². The van der Waals surface area contributed by atoms with Gasteiger partial charge in [0.25, 0.3) is 0 Å². The lowest BCUT2D eigenvalue weighted by atomic mass is 10.2. The average molecular weight is 387 g/mol. The van der Waals surface area contributed by atoms with Gasteiger partial charge in [0, 0.05) is 42.4 Å². The van der Waals surface area contributed by atoms with Crippen molar-refractivity contribution in [3.8, 4) is 5.75 Å². The number of hydrogen-bond donors (Lipinski definition) is 1. The summed E-state index contributed by atoms with van der Waals surface area (Å²) >= 11 is 1.67. The van der Waals surface area contributed by atoms with Crippen molar-refractivity contribution in [1.29, 1.82) is 0 Å². The Kier molecular flexibility index (Phi) is 7.56. The van der Waals surface area contributed by atoms with Crippen molar-refractivity contribution in [2.24, 2.45) is 0 Å². The minimum atomic E-state index is 0.0388. The molecule has 1 aliphatic rings. The minimum absolute atomic E-state index is 0.0388. The van der Waals surface area contributed by atoms with Crippen LogP contribution in [0.15, 0.2) is 53.4 Å². The van der Waals surface area contributed by atoms with Crippen molar-refractivity contribution in [3.05, 3.63) is 54.1 Å². The van der Waals surface area contributed by atoms with E-state index in [1.54, 1.807) is 18.9 Å². The zero-order valence-electron chi connectivity index (χ0n) is 15.6. The van der Waals surface area contributed by atoms with Gasteiger partial charge in [-0.3, -0.25) is 9.69 Å². The second-order valence-corrected chi connectivity index (χ2v) is 7.58. The third kappa shape index (κ3) is 6.57. The van der Waals surface area contributed by atoms with Gasteiger partial charge in [0.1, 0.15) is 5.75 Å². The highest BCUT2D eigenvalue weighted by Gasteiger charge is 2.10. The third-order valence-corrected chi connectivity index (χ3v) is 5.42. The molecule has 27 heavy (non-hydrogen) atoms. The van der Waals surface area contributed by atoms with Gasteiger partial charge in [-0.25, -0.2) is 0 Å². The van der Waals surface area contributed by atoms with Crippen LogP contribution in [-0.2, 0) is 16.1 Å². The van der Waals surface area contributed by atoms with E-state index in [0.717, 1.165) is 54.9 Å². The molecule has 1 fully saturated rings. The lowest BCUT2D eigenvalue weighted by molar-refractivity contribution is -0.115. The lowest BCUT2D eigenvalue weighted by Crippen LogP contribution is -2.35. The lowest BCUT2D eigenvalue weighted by Gasteiger charge is -2.26. The largest absolute Gasteiger partial charge is 0.497 e. The highest BCUT2D eigenvalue weighted by Crippen LogP contribution is 2.22. The molecule has 0 atom stereocenters. The molecule has 0 spiro atoms. The number of amides is 1. The van der Waals surface area contributed by atoms with Gasteiger partial charge in [-0.15, -0.1) is 11.8 Å². The Balaban J connectivity index is 1.39. The topological polar surface area (TPSA) is 50.8 Å². The van der Waals surface area contributed by atoms with Gasteiger partial charge in [0.15, 0.2) is 0 Å². The smallest absolute Gasteiger partial charge is 0.225 e. The Morgan fingerprint density at radius 2 is 1.81 bits per heavy atom. The Hall–Kier alpha value is -2.02. The molecule has 1 N–H and O–H groups in total. The molecule has 0 aromatic heterocycles. The zero-order chi connectivity index (χ0) is 18.9. The number of carbonyl (C=O) groups is 1. The molecule has 1 aliphatic heterocycles. The number of benzene rings is 2. The van der Waals surface area contributed by atoms with Crippen LogP contribution in [0.4, 0.5) is 5.69 Å². The molecule has 1 amide bonds. The monoisotopic (exact) mass is 386 g/mol.